The fourth-order valence-corrected chi connectivity index (χ4v) is 1.76. The van der Waals surface area contributed by atoms with Gasteiger partial charge in [0.1, 0.15) is 5.82 Å². The van der Waals surface area contributed by atoms with Crippen LogP contribution in [0.1, 0.15) is 13.3 Å². The molecule has 0 saturated carbocycles. The molecular formula is C10H17N3S. The highest BCUT2D eigenvalue weighted by atomic mass is 32.2. The number of hydrogen-bond donors (Lipinski definition) is 2. The maximum Gasteiger partial charge on any atom is 0.146 e. The lowest BCUT2D eigenvalue weighted by Gasteiger charge is -2.15. The van der Waals surface area contributed by atoms with Crippen molar-refractivity contribution >= 4 is 23.3 Å². The Bertz CT molecular complexity index is 278. The molecule has 1 rings (SSSR count). The van der Waals surface area contributed by atoms with Crippen molar-refractivity contribution in [2.45, 2.75) is 19.4 Å². The molecule has 0 radical (unpaired) electrons. The van der Waals surface area contributed by atoms with Crippen LogP contribution >= 0.6 is 11.8 Å². The van der Waals surface area contributed by atoms with Crippen molar-refractivity contribution in [2.24, 2.45) is 0 Å². The topological polar surface area (TPSA) is 50.9 Å². The van der Waals surface area contributed by atoms with E-state index >= 15 is 0 Å². The first-order valence-corrected chi connectivity index (χ1v) is 6.09. The molecule has 0 aliphatic carbocycles. The Labute approximate surface area is 89.5 Å². The highest BCUT2D eigenvalue weighted by Crippen LogP contribution is 2.16. The normalized spacial score (nSPS) is 12.4. The van der Waals surface area contributed by atoms with Crippen LogP contribution in [0.4, 0.5) is 11.5 Å². The maximum atomic E-state index is 5.72. The molecule has 0 amide bonds. The zero-order valence-electron chi connectivity index (χ0n) is 8.66. The Morgan fingerprint density at radius 3 is 3.07 bits per heavy atom. The van der Waals surface area contributed by atoms with E-state index in [9.17, 15) is 0 Å². The molecule has 3 nitrogen and oxygen atoms in total. The van der Waals surface area contributed by atoms with Crippen LogP contribution in [-0.2, 0) is 0 Å². The van der Waals surface area contributed by atoms with Gasteiger partial charge < -0.3 is 11.1 Å². The Morgan fingerprint density at radius 1 is 1.64 bits per heavy atom. The van der Waals surface area contributed by atoms with Crippen molar-refractivity contribution in [1.29, 1.82) is 0 Å². The van der Waals surface area contributed by atoms with E-state index in [2.05, 4.69) is 23.5 Å². The summed E-state index contributed by atoms with van der Waals surface area (Å²) in [7, 11) is 0. The van der Waals surface area contributed by atoms with Gasteiger partial charge in [0.25, 0.3) is 0 Å². The third-order valence-corrected chi connectivity index (χ3v) is 2.64. The summed E-state index contributed by atoms with van der Waals surface area (Å²) < 4.78 is 0. The van der Waals surface area contributed by atoms with Gasteiger partial charge >= 0.3 is 0 Å². The second-order valence-electron chi connectivity index (χ2n) is 3.26. The van der Waals surface area contributed by atoms with Crippen LogP contribution in [0.15, 0.2) is 18.3 Å². The summed E-state index contributed by atoms with van der Waals surface area (Å²) in [5, 5.41) is 3.34. The summed E-state index contributed by atoms with van der Waals surface area (Å²) in [5.41, 5.74) is 6.65. The average molecular weight is 211 g/mol. The number of aromatic nitrogens is 1. The van der Waals surface area contributed by atoms with Crippen LogP contribution < -0.4 is 11.1 Å². The Morgan fingerprint density at radius 2 is 2.43 bits per heavy atom. The van der Waals surface area contributed by atoms with E-state index in [0.29, 0.717) is 11.9 Å². The molecule has 0 aromatic carbocycles. The van der Waals surface area contributed by atoms with Gasteiger partial charge in [-0.3, -0.25) is 0 Å². The third kappa shape index (κ3) is 3.46. The predicted molar refractivity (Wildman–Crippen MR) is 64.7 cm³/mol. The summed E-state index contributed by atoms with van der Waals surface area (Å²) in [4.78, 5) is 4.02. The van der Waals surface area contributed by atoms with Crippen LogP contribution in [0.5, 0.6) is 0 Å². The van der Waals surface area contributed by atoms with E-state index in [0.717, 1.165) is 17.9 Å². The maximum absolute atomic E-state index is 5.72. The Hall–Kier alpha value is -0.900. The Balaban J connectivity index is 2.47. The molecule has 1 heterocycles. The average Bonchev–Trinajstić information content (AvgIpc) is 2.18. The number of nitrogen functional groups attached to an aromatic ring is 1. The lowest BCUT2D eigenvalue weighted by molar-refractivity contribution is 0.772. The molecule has 0 aliphatic heterocycles. The van der Waals surface area contributed by atoms with E-state index in [-0.39, 0.29) is 0 Å². The summed E-state index contributed by atoms with van der Waals surface area (Å²) in [6.07, 6.45) is 4.95. The quantitative estimate of drug-likeness (QED) is 0.784. The number of nitrogens with one attached hydrogen (secondary N) is 1. The summed E-state index contributed by atoms with van der Waals surface area (Å²) in [6.45, 7) is 2.16. The number of rotatable bonds is 5. The molecule has 14 heavy (non-hydrogen) atoms. The van der Waals surface area contributed by atoms with Gasteiger partial charge in [-0.25, -0.2) is 4.98 Å². The minimum Gasteiger partial charge on any atom is -0.382 e. The second-order valence-corrected chi connectivity index (χ2v) is 4.25. The highest BCUT2D eigenvalue weighted by molar-refractivity contribution is 7.98. The van der Waals surface area contributed by atoms with E-state index in [4.69, 9.17) is 5.73 Å². The van der Waals surface area contributed by atoms with Gasteiger partial charge in [-0.2, -0.15) is 11.8 Å². The molecule has 0 spiro atoms. The highest BCUT2D eigenvalue weighted by Gasteiger charge is 2.03. The van der Waals surface area contributed by atoms with Gasteiger partial charge in [-0.05, 0) is 37.5 Å². The minimum absolute atomic E-state index is 0.439. The predicted octanol–water partition coefficient (Wildman–Crippen LogP) is 2.22. The van der Waals surface area contributed by atoms with Crippen LogP contribution in [0.3, 0.4) is 0 Å². The number of nitrogens with two attached hydrogens (primary N) is 1. The molecule has 4 heteroatoms. The first kappa shape index (κ1) is 11.2. The van der Waals surface area contributed by atoms with Crippen LogP contribution in [0.2, 0.25) is 0 Å². The fourth-order valence-electron chi connectivity index (χ4n) is 1.17. The van der Waals surface area contributed by atoms with Gasteiger partial charge in [0.15, 0.2) is 0 Å². The number of anilines is 2. The van der Waals surface area contributed by atoms with E-state index in [1.165, 1.54) is 0 Å². The SMILES string of the molecule is CSCCC(C)Nc1cccnc1N. The lowest BCUT2D eigenvalue weighted by atomic mass is 10.2. The fraction of sp³-hybridized carbons (Fsp3) is 0.500. The summed E-state index contributed by atoms with van der Waals surface area (Å²) in [6, 6.07) is 4.28. The van der Waals surface area contributed by atoms with Crippen LogP contribution in [0, 0.1) is 0 Å². The first-order valence-electron chi connectivity index (χ1n) is 4.70. The molecule has 0 fully saturated rings. The standard InChI is InChI=1S/C10H17N3S/c1-8(5-7-14-2)13-9-4-3-6-12-10(9)11/h3-4,6,8,13H,5,7H2,1-2H3,(H2,11,12). The van der Waals surface area contributed by atoms with Gasteiger partial charge in [-0.1, -0.05) is 0 Å². The van der Waals surface area contributed by atoms with Crippen molar-refractivity contribution in [1.82, 2.24) is 4.98 Å². The smallest absolute Gasteiger partial charge is 0.146 e. The summed E-state index contributed by atoms with van der Waals surface area (Å²) >= 11 is 1.86. The van der Waals surface area contributed by atoms with Crippen molar-refractivity contribution in [3.8, 4) is 0 Å². The molecule has 3 N–H and O–H groups in total. The van der Waals surface area contributed by atoms with Gasteiger partial charge in [0.05, 0.1) is 5.69 Å². The minimum atomic E-state index is 0.439. The number of pyridine rings is 1. The van der Waals surface area contributed by atoms with Crippen molar-refractivity contribution in [2.75, 3.05) is 23.1 Å². The van der Waals surface area contributed by atoms with Crippen molar-refractivity contribution < 1.29 is 0 Å². The van der Waals surface area contributed by atoms with Gasteiger partial charge in [-0.15, -0.1) is 0 Å². The van der Waals surface area contributed by atoms with Crippen molar-refractivity contribution in [3.63, 3.8) is 0 Å². The van der Waals surface area contributed by atoms with Gasteiger partial charge in [0, 0.05) is 12.2 Å². The third-order valence-electron chi connectivity index (χ3n) is 2.00. The molecule has 0 saturated heterocycles. The van der Waals surface area contributed by atoms with Crippen LogP contribution in [-0.4, -0.2) is 23.0 Å². The number of nitrogens with zero attached hydrogens (tertiary/aromatic N) is 1. The van der Waals surface area contributed by atoms with Crippen molar-refractivity contribution in [3.05, 3.63) is 18.3 Å². The Kier molecular flexibility index (Phi) is 4.59. The molecular weight excluding hydrogens is 194 g/mol. The van der Waals surface area contributed by atoms with E-state index < -0.39 is 0 Å². The van der Waals surface area contributed by atoms with Gasteiger partial charge in [0.2, 0.25) is 0 Å². The summed E-state index contributed by atoms with van der Waals surface area (Å²) in [5.74, 6) is 1.73. The monoisotopic (exact) mass is 211 g/mol. The van der Waals surface area contributed by atoms with Crippen LogP contribution in [0.25, 0.3) is 0 Å². The molecule has 0 bridgehead atoms. The lowest BCUT2D eigenvalue weighted by Crippen LogP contribution is -2.17. The second kappa shape index (κ2) is 5.75. The number of thioether (sulfide) groups is 1. The molecule has 1 aromatic heterocycles. The number of hydrogen-bond acceptors (Lipinski definition) is 4. The first-order chi connectivity index (χ1) is 6.74. The largest absolute Gasteiger partial charge is 0.382 e. The molecule has 1 aromatic rings. The van der Waals surface area contributed by atoms with E-state index in [1.807, 2.05) is 23.9 Å². The molecule has 78 valence electrons. The molecule has 0 aliphatic rings. The molecule has 1 atom stereocenters. The molecule has 1 unspecified atom stereocenters. The zero-order valence-corrected chi connectivity index (χ0v) is 9.47. The zero-order chi connectivity index (χ0) is 10.4. The van der Waals surface area contributed by atoms with E-state index in [1.54, 1.807) is 6.20 Å².